The smallest absolute Gasteiger partial charge is 0.410 e. The first-order chi connectivity index (χ1) is 15.1. The Morgan fingerprint density at radius 3 is 2.06 bits per heavy atom. The summed E-state index contributed by atoms with van der Waals surface area (Å²) in [6.45, 7) is 8.39. The highest BCUT2D eigenvalue weighted by Crippen LogP contribution is 2.25. The van der Waals surface area contributed by atoms with Gasteiger partial charge >= 0.3 is 12.1 Å². The molecule has 32 heavy (non-hydrogen) atoms. The van der Waals surface area contributed by atoms with E-state index in [-0.39, 0.29) is 42.8 Å². The van der Waals surface area contributed by atoms with Crippen molar-refractivity contribution in [1.29, 1.82) is 0 Å². The number of carbonyl (C=O) groups is 4. The quantitative estimate of drug-likeness (QED) is 0.593. The lowest BCUT2D eigenvalue weighted by molar-refractivity contribution is -0.141. The molecular formula is C23H39N3O6. The molecule has 0 aromatic carbocycles. The molecule has 0 saturated carbocycles. The predicted molar refractivity (Wildman–Crippen MR) is 119 cm³/mol. The van der Waals surface area contributed by atoms with E-state index in [2.05, 4.69) is 10.1 Å². The molecule has 2 fully saturated rings. The topological polar surface area (TPSA) is 105 Å². The van der Waals surface area contributed by atoms with Gasteiger partial charge in [-0.2, -0.15) is 0 Å². The minimum Gasteiger partial charge on any atom is -0.469 e. The zero-order valence-corrected chi connectivity index (χ0v) is 20.0. The number of nitrogens with one attached hydrogen (secondary N) is 1. The number of ether oxygens (including phenoxy) is 2. The maximum Gasteiger partial charge on any atom is 0.410 e. The van der Waals surface area contributed by atoms with Crippen LogP contribution in [0.15, 0.2) is 0 Å². The number of carbonyl (C=O) groups excluding carboxylic acids is 4. The highest BCUT2D eigenvalue weighted by atomic mass is 16.6. The third-order valence-electron chi connectivity index (χ3n) is 6.11. The molecular weight excluding hydrogens is 414 g/mol. The van der Waals surface area contributed by atoms with Crippen LogP contribution >= 0.6 is 0 Å². The summed E-state index contributed by atoms with van der Waals surface area (Å²) in [5.74, 6) is 0.0627. The van der Waals surface area contributed by atoms with Crippen LogP contribution in [0.5, 0.6) is 0 Å². The second-order valence-corrected chi connectivity index (χ2v) is 9.72. The number of hydrogen-bond donors (Lipinski definition) is 1. The minimum absolute atomic E-state index is 0.0576. The number of rotatable bonds is 7. The van der Waals surface area contributed by atoms with Crippen LogP contribution in [-0.4, -0.2) is 79.1 Å². The van der Waals surface area contributed by atoms with Crippen LogP contribution in [0.2, 0.25) is 0 Å². The minimum atomic E-state index is -0.489. The molecule has 9 nitrogen and oxygen atoms in total. The lowest BCUT2D eigenvalue weighted by Crippen LogP contribution is -2.44. The van der Waals surface area contributed by atoms with E-state index in [1.54, 1.807) is 4.90 Å². The second-order valence-electron chi connectivity index (χ2n) is 9.72. The molecule has 0 atom stereocenters. The second kappa shape index (κ2) is 12.1. The molecule has 0 aromatic heterocycles. The lowest BCUT2D eigenvalue weighted by atomic mass is 9.91. The van der Waals surface area contributed by atoms with E-state index in [1.165, 1.54) is 7.11 Å². The zero-order chi connectivity index (χ0) is 23.7. The van der Waals surface area contributed by atoms with E-state index < -0.39 is 5.60 Å². The summed E-state index contributed by atoms with van der Waals surface area (Å²) in [5, 5.41) is 2.77. The van der Waals surface area contributed by atoms with Crippen LogP contribution in [-0.2, 0) is 23.9 Å². The first kappa shape index (κ1) is 25.9. The average molecular weight is 454 g/mol. The van der Waals surface area contributed by atoms with Crippen molar-refractivity contribution in [1.82, 2.24) is 15.1 Å². The molecule has 0 unspecified atom stereocenters. The number of esters is 1. The number of methoxy groups -OCH3 is 1. The van der Waals surface area contributed by atoms with Crippen molar-refractivity contribution in [2.24, 2.45) is 11.8 Å². The van der Waals surface area contributed by atoms with Crippen LogP contribution in [0.25, 0.3) is 0 Å². The first-order valence-electron chi connectivity index (χ1n) is 11.7. The standard InChI is InChI=1S/C23H39N3O6/c1-23(2,3)32-22(30)26-13-8-17(9-14-26)5-6-19(27)25-15-10-18(11-16-25)21(29)24-12-7-20(28)31-4/h17-18H,5-16H2,1-4H3,(H,24,29). The van der Waals surface area contributed by atoms with Crippen molar-refractivity contribution >= 4 is 23.9 Å². The van der Waals surface area contributed by atoms with Gasteiger partial charge in [-0.3, -0.25) is 14.4 Å². The number of piperidine rings is 2. The van der Waals surface area contributed by atoms with Crippen LogP contribution in [0.4, 0.5) is 4.79 Å². The molecule has 9 heteroatoms. The van der Waals surface area contributed by atoms with Crippen molar-refractivity contribution in [3.63, 3.8) is 0 Å². The predicted octanol–water partition coefficient (Wildman–Crippen LogP) is 2.33. The lowest BCUT2D eigenvalue weighted by Gasteiger charge is -2.34. The summed E-state index contributed by atoms with van der Waals surface area (Å²) < 4.78 is 9.99. The van der Waals surface area contributed by atoms with Crippen molar-refractivity contribution in [3.05, 3.63) is 0 Å². The molecule has 3 amide bonds. The zero-order valence-electron chi connectivity index (χ0n) is 20.0. The van der Waals surface area contributed by atoms with Gasteiger partial charge < -0.3 is 24.6 Å². The SMILES string of the molecule is COC(=O)CCNC(=O)C1CCN(C(=O)CCC2CCN(C(=O)OC(C)(C)C)CC2)CC1. The van der Waals surface area contributed by atoms with E-state index in [0.29, 0.717) is 51.4 Å². The number of likely N-dealkylation sites (tertiary alicyclic amines) is 2. The Balaban J connectivity index is 1.62. The summed E-state index contributed by atoms with van der Waals surface area (Å²) in [6, 6.07) is 0. The van der Waals surface area contributed by atoms with Gasteiger partial charge in [0.05, 0.1) is 13.5 Å². The highest BCUT2D eigenvalue weighted by molar-refractivity contribution is 5.80. The van der Waals surface area contributed by atoms with Gasteiger partial charge in [-0.25, -0.2) is 4.79 Å². The third-order valence-corrected chi connectivity index (χ3v) is 6.11. The van der Waals surface area contributed by atoms with E-state index in [9.17, 15) is 19.2 Å². The Labute approximate surface area is 191 Å². The van der Waals surface area contributed by atoms with E-state index >= 15 is 0 Å². The molecule has 2 aliphatic heterocycles. The molecule has 1 N–H and O–H groups in total. The van der Waals surface area contributed by atoms with E-state index in [0.717, 1.165) is 19.3 Å². The molecule has 0 bridgehead atoms. The van der Waals surface area contributed by atoms with Crippen molar-refractivity contribution in [2.75, 3.05) is 39.8 Å². The van der Waals surface area contributed by atoms with Gasteiger partial charge in [-0.1, -0.05) is 0 Å². The fourth-order valence-electron chi connectivity index (χ4n) is 4.14. The fourth-order valence-corrected chi connectivity index (χ4v) is 4.14. The molecule has 0 spiro atoms. The van der Waals surface area contributed by atoms with Gasteiger partial charge in [0, 0.05) is 45.1 Å². The van der Waals surface area contributed by atoms with E-state index in [4.69, 9.17) is 4.74 Å². The summed E-state index contributed by atoms with van der Waals surface area (Å²) in [7, 11) is 1.32. The van der Waals surface area contributed by atoms with Gasteiger partial charge in [-0.05, 0) is 58.8 Å². The Morgan fingerprint density at radius 2 is 1.50 bits per heavy atom. The van der Waals surface area contributed by atoms with Crippen LogP contribution in [0, 0.1) is 11.8 Å². The molecule has 0 aliphatic carbocycles. The maximum absolute atomic E-state index is 12.6. The van der Waals surface area contributed by atoms with Crippen molar-refractivity contribution in [2.45, 2.75) is 71.3 Å². The largest absolute Gasteiger partial charge is 0.469 e. The molecule has 182 valence electrons. The van der Waals surface area contributed by atoms with Gasteiger partial charge in [0.1, 0.15) is 5.60 Å². The van der Waals surface area contributed by atoms with Crippen LogP contribution in [0.3, 0.4) is 0 Å². The van der Waals surface area contributed by atoms with Crippen LogP contribution in [0.1, 0.15) is 65.7 Å². The van der Waals surface area contributed by atoms with Gasteiger partial charge in [0.15, 0.2) is 0 Å². The summed E-state index contributed by atoms with van der Waals surface area (Å²) in [6.07, 6.45) is 4.30. The highest BCUT2D eigenvalue weighted by Gasteiger charge is 2.29. The third kappa shape index (κ3) is 8.67. The van der Waals surface area contributed by atoms with Gasteiger partial charge in [0.2, 0.25) is 11.8 Å². The van der Waals surface area contributed by atoms with Crippen molar-refractivity contribution < 1.29 is 28.7 Å². The van der Waals surface area contributed by atoms with Crippen molar-refractivity contribution in [3.8, 4) is 0 Å². The van der Waals surface area contributed by atoms with Gasteiger partial charge in [0.25, 0.3) is 0 Å². The fraction of sp³-hybridized carbons (Fsp3) is 0.826. The average Bonchev–Trinajstić information content (AvgIpc) is 2.76. The number of amides is 3. The summed E-state index contributed by atoms with van der Waals surface area (Å²) >= 11 is 0. The summed E-state index contributed by atoms with van der Waals surface area (Å²) in [5.41, 5.74) is -0.489. The first-order valence-corrected chi connectivity index (χ1v) is 11.7. The molecule has 2 saturated heterocycles. The molecule has 0 radical (unpaired) electrons. The molecule has 0 aromatic rings. The number of nitrogens with zero attached hydrogens (tertiary/aromatic N) is 2. The molecule has 2 heterocycles. The van der Waals surface area contributed by atoms with E-state index in [1.807, 2.05) is 25.7 Å². The normalized spacial score (nSPS) is 18.2. The number of hydrogen-bond acceptors (Lipinski definition) is 6. The Kier molecular flexibility index (Phi) is 9.78. The Morgan fingerprint density at radius 1 is 0.906 bits per heavy atom. The van der Waals surface area contributed by atoms with Gasteiger partial charge in [-0.15, -0.1) is 0 Å². The molecule has 2 aliphatic rings. The maximum atomic E-state index is 12.6. The summed E-state index contributed by atoms with van der Waals surface area (Å²) in [4.78, 5) is 51.7. The Bertz CT molecular complexity index is 659. The monoisotopic (exact) mass is 453 g/mol. The van der Waals surface area contributed by atoms with Crippen LogP contribution < -0.4 is 5.32 Å². The molecule has 2 rings (SSSR count). The Hall–Kier alpha value is -2.32.